The van der Waals surface area contributed by atoms with Crippen LogP contribution < -0.4 is 0 Å². The van der Waals surface area contributed by atoms with Crippen molar-refractivity contribution in [2.45, 2.75) is 32.6 Å². The molecule has 6 nitrogen and oxygen atoms in total. The molecule has 1 amide bonds. The largest absolute Gasteiger partial charge is 0.338 e. The molecule has 0 spiro atoms. The minimum atomic E-state index is -0.126. The number of likely N-dealkylation sites (tertiary alicyclic amines) is 1. The van der Waals surface area contributed by atoms with E-state index < -0.39 is 0 Å². The Labute approximate surface area is 192 Å². The standard InChI is InChI=1S/C27H26N4O2/c1-18-12-13-20(16-19(18)2)25(32)22-9-3-4-10-23(22)27(33)30-14-7-8-21(17-30)26-29-28-24-11-5-6-15-31(24)26/h3-6,9-13,15-16,21H,7-8,14,17H2,1-2H3. The van der Waals surface area contributed by atoms with Crippen molar-refractivity contribution in [2.75, 3.05) is 13.1 Å². The van der Waals surface area contributed by atoms with Gasteiger partial charge in [0.05, 0.1) is 5.56 Å². The van der Waals surface area contributed by atoms with Gasteiger partial charge in [-0.25, -0.2) is 0 Å². The van der Waals surface area contributed by atoms with Crippen LogP contribution in [0.15, 0.2) is 66.9 Å². The Morgan fingerprint density at radius 1 is 0.909 bits per heavy atom. The zero-order chi connectivity index (χ0) is 22.9. The topological polar surface area (TPSA) is 67.6 Å². The fraction of sp³-hybridized carbons (Fsp3) is 0.259. The van der Waals surface area contributed by atoms with Crippen molar-refractivity contribution in [1.82, 2.24) is 19.5 Å². The van der Waals surface area contributed by atoms with Crippen LogP contribution in [0.25, 0.3) is 5.65 Å². The Balaban J connectivity index is 1.43. The van der Waals surface area contributed by atoms with Crippen LogP contribution in [0.1, 0.15) is 62.0 Å². The zero-order valence-electron chi connectivity index (χ0n) is 18.9. The molecule has 2 aromatic carbocycles. The molecule has 1 aliphatic rings. The summed E-state index contributed by atoms with van der Waals surface area (Å²) in [5, 5.41) is 8.68. The molecule has 33 heavy (non-hydrogen) atoms. The Hall–Kier alpha value is -3.80. The van der Waals surface area contributed by atoms with Gasteiger partial charge in [-0.1, -0.05) is 36.4 Å². The number of aromatic nitrogens is 3. The average Bonchev–Trinajstić information content (AvgIpc) is 3.29. The quantitative estimate of drug-likeness (QED) is 0.437. The molecule has 1 aliphatic heterocycles. The third-order valence-electron chi connectivity index (χ3n) is 6.59. The highest BCUT2D eigenvalue weighted by atomic mass is 16.2. The van der Waals surface area contributed by atoms with Crippen molar-refractivity contribution in [1.29, 1.82) is 0 Å². The summed E-state index contributed by atoms with van der Waals surface area (Å²) in [5.41, 5.74) is 4.50. The van der Waals surface area contributed by atoms with Gasteiger partial charge in [0.1, 0.15) is 5.82 Å². The molecule has 1 fully saturated rings. The smallest absolute Gasteiger partial charge is 0.254 e. The number of fused-ring (bicyclic) bond motifs is 1. The lowest BCUT2D eigenvalue weighted by Crippen LogP contribution is -2.40. The highest BCUT2D eigenvalue weighted by Gasteiger charge is 2.30. The molecule has 1 saturated heterocycles. The van der Waals surface area contributed by atoms with Crippen LogP contribution in [0.3, 0.4) is 0 Å². The number of aryl methyl sites for hydroxylation is 2. The van der Waals surface area contributed by atoms with Crippen molar-refractivity contribution in [2.24, 2.45) is 0 Å². The van der Waals surface area contributed by atoms with Crippen molar-refractivity contribution < 1.29 is 9.59 Å². The third-order valence-corrected chi connectivity index (χ3v) is 6.59. The molecule has 0 radical (unpaired) electrons. The maximum atomic E-state index is 13.6. The Morgan fingerprint density at radius 2 is 1.70 bits per heavy atom. The summed E-state index contributed by atoms with van der Waals surface area (Å²) in [5.74, 6) is 0.741. The first kappa shape index (κ1) is 21.1. The SMILES string of the molecule is Cc1ccc(C(=O)c2ccccc2C(=O)N2CCCC(c3nnc4ccccn34)C2)cc1C. The van der Waals surface area contributed by atoms with Crippen LogP contribution in [0.2, 0.25) is 0 Å². The maximum Gasteiger partial charge on any atom is 0.254 e. The number of carbonyl (C=O) groups is 2. The van der Waals surface area contributed by atoms with Crippen LogP contribution in [0, 0.1) is 13.8 Å². The number of benzene rings is 2. The van der Waals surface area contributed by atoms with E-state index in [4.69, 9.17) is 0 Å². The van der Waals surface area contributed by atoms with Gasteiger partial charge in [0.25, 0.3) is 5.91 Å². The molecular formula is C27H26N4O2. The molecule has 6 heteroatoms. The minimum absolute atomic E-state index is 0.0997. The monoisotopic (exact) mass is 438 g/mol. The lowest BCUT2D eigenvalue weighted by atomic mass is 9.93. The first-order chi connectivity index (χ1) is 16.0. The summed E-state index contributed by atoms with van der Waals surface area (Å²) in [7, 11) is 0. The second-order valence-electron chi connectivity index (χ2n) is 8.75. The molecule has 166 valence electrons. The maximum absolute atomic E-state index is 13.6. The third kappa shape index (κ3) is 3.93. The van der Waals surface area contributed by atoms with Gasteiger partial charge in [-0.3, -0.25) is 14.0 Å². The molecule has 0 saturated carbocycles. The van der Waals surface area contributed by atoms with E-state index in [0.29, 0.717) is 29.8 Å². The van der Waals surface area contributed by atoms with Crippen molar-refractivity contribution in [3.05, 3.63) is 101 Å². The van der Waals surface area contributed by atoms with Crippen LogP contribution in [0.4, 0.5) is 0 Å². The highest BCUT2D eigenvalue weighted by Crippen LogP contribution is 2.28. The number of hydrogen-bond donors (Lipinski definition) is 0. The zero-order valence-corrected chi connectivity index (χ0v) is 18.9. The number of carbonyl (C=O) groups excluding carboxylic acids is 2. The number of piperidine rings is 1. The van der Waals surface area contributed by atoms with Gasteiger partial charge in [-0.15, -0.1) is 10.2 Å². The molecule has 1 atom stereocenters. The van der Waals surface area contributed by atoms with Gasteiger partial charge in [0, 0.05) is 36.3 Å². The molecule has 2 aromatic heterocycles. The predicted octanol–water partition coefficient (Wildman–Crippen LogP) is 4.60. The van der Waals surface area contributed by atoms with Gasteiger partial charge >= 0.3 is 0 Å². The lowest BCUT2D eigenvalue weighted by Gasteiger charge is -2.32. The number of hydrogen-bond acceptors (Lipinski definition) is 4. The van der Waals surface area contributed by atoms with E-state index in [9.17, 15) is 9.59 Å². The predicted molar refractivity (Wildman–Crippen MR) is 127 cm³/mol. The molecule has 0 bridgehead atoms. The Bertz CT molecular complexity index is 1360. The van der Waals surface area contributed by atoms with E-state index in [1.54, 1.807) is 12.1 Å². The number of nitrogens with zero attached hydrogens (tertiary/aromatic N) is 4. The van der Waals surface area contributed by atoms with E-state index >= 15 is 0 Å². The second kappa shape index (κ2) is 8.62. The van der Waals surface area contributed by atoms with E-state index in [0.717, 1.165) is 35.4 Å². The van der Waals surface area contributed by atoms with E-state index in [1.807, 2.05) is 77.9 Å². The van der Waals surface area contributed by atoms with E-state index in [1.165, 1.54) is 0 Å². The van der Waals surface area contributed by atoms with Crippen LogP contribution in [-0.2, 0) is 0 Å². The fourth-order valence-corrected chi connectivity index (χ4v) is 4.59. The summed E-state index contributed by atoms with van der Waals surface area (Å²) in [6.45, 7) is 5.23. The first-order valence-electron chi connectivity index (χ1n) is 11.3. The number of amides is 1. The molecule has 0 N–H and O–H groups in total. The van der Waals surface area contributed by atoms with Gasteiger partial charge in [-0.2, -0.15) is 0 Å². The summed E-state index contributed by atoms with van der Waals surface area (Å²) >= 11 is 0. The number of ketones is 1. The van der Waals surface area contributed by atoms with Gasteiger partial charge in [-0.05, 0) is 62.1 Å². The van der Waals surface area contributed by atoms with Crippen molar-refractivity contribution in [3.63, 3.8) is 0 Å². The summed E-state index contributed by atoms with van der Waals surface area (Å²) < 4.78 is 2.00. The molecule has 1 unspecified atom stereocenters. The van der Waals surface area contributed by atoms with Gasteiger partial charge < -0.3 is 4.90 Å². The molecule has 4 aromatic rings. The summed E-state index contributed by atoms with van der Waals surface area (Å²) in [6, 6.07) is 18.6. The summed E-state index contributed by atoms with van der Waals surface area (Å²) in [4.78, 5) is 28.8. The lowest BCUT2D eigenvalue weighted by molar-refractivity contribution is 0.0700. The average molecular weight is 439 g/mol. The normalized spacial score (nSPS) is 16.2. The molecule has 0 aliphatic carbocycles. The van der Waals surface area contributed by atoms with E-state index in [-0.39, 0.29) is 17.6 Å². The minimum Gasteiger partial charge on any atom is -0.338 e. The van der Waals surface area contributed by atoms with Crippen LogP contribution in [0.5, 0.6) is 0 Å². The Morgan fingerprint density at radius 3 is 2.52 bits per heavy atom. The second-order valence-corrected chi connectivity index (χ2v) is 8.75. The van der Waals surface area contributed by atoms with Crippen LogP contribution in [-0.4, -0.2) is 44.3 Å². The Kier molecular flexibility index (Phi) is 5.50. The fourth-order valence-electron chi connectivity index (χ4n) is 4.59. The molecule has 3 heterocycles. The summed E-state index contributed by atoms with van der Waals surface area (Å²) in [6.07, 6.45) is 3.79. The van der Waals surface area contributed by atoms with E-state index in [2.05, 4.69) is 10.2 Å². The number of pyridine rings is 1. The highest BCUT2D eigenvalue weighted by molar-refractivity contribution is 6.15. The molecule has 5 rings (SSSR count). The van der Waals surface area contributed by atoms with Gasteiger partial charge in [0.15, 0.2) is 11.4 Å². The van der Waals surface area contributed by atoms with Gasteiger partial charge in [0.2, 0.25) is 0 Å². The molecular weight excluding hydrogens is 412 g/mol. The number of rotatable bonds is 4. The first-order valence-corrected chi connectivity index (χ1v) is 11.3. The van der Waals surface area contributed by atoms with Crippen molar-refractivity contribution >= 4 is 17.3 Å². The van der Waals surface area contributed by atoms with Crippen molar-refractivity contribution in [3.8, 4) is 0 Å². The van der Waals surface area contributed by atoms with Crippen LogP contribution >= 0.6 is 0 Å².